The minimum atomic E-state index is -1.03. The summed E-state index contributed by atoms with van der Waals surface area (Å²) in [4.78, 5) is 23.4. The predicted octanol–water partition coefficient (Wildman–Crippen LogP) is 2.48. The van der Waals surface area contributed by atoms with Crippen LogP contribution in [0.25, 0.3) is 10.9 Å². The number of nitro groups is 1. The molecule has 0 bridgehead atoms. The Morgan fingerprint density at radius 2 is 2.06 bits per heavy atom. The van der Waals surface area contributed by atoms with Crippen LogP contribution in [0.4, 0.5) is 14.5 Å². The maximum Gasteiger partial charge on any atom is 0.332 e. The number of hydrogen-bond acceptors (Lipinski definition) is 3. The van der Waals surface area contributed by atoms with Crippen molar-refractivity contribution in [2.75, 3.05) is 0 Å². The molecule has 0 fully saturated rings. The molecule has 5 nitrogen and oxygen atoms in total. The summed E-state index contributed by atoms with van der Waals surface area (Å²) in [5.41, 5.74) is -2.08. The summed E-state index contributed by atoms with van der Waals surface area (Å²) in [7, 11) is 0. The summed E-state index contributed by atoms with van der Waals surface area (Å²) >= 11 is 2.67. The second kappa shape index (κ2) is 3.88. The molecule has 88 valence electrons. The van der Waals surface area contributed by atoms with Gasteiger partial charge >= 0.3 is 5.69 Å². The molecule has 0 aliphatic heterocycles. The Morgan fingerprint density at radius 3 is 2.65 bits per heavy atom. The molecule has 0 saturated carbocycles. The fourth-order valence-electron chi connectivity index (χ4n) is 1.39. The van der Waals surface area contributed by atoms with Gasteiger partial charge in [0, 0.05) is 0 Å². The molecule has 1 heterocycles. The lowest BCUT2D eigenvalue weighted by Gasteiger charge is -2.02. The van der Waals surface area contributed by atoms with Crippen molar-refractivity contribution in [1.29, 1.82) is 0 Å². The summed E-state index contributed by atoms with van der Waals surface area (Å²) in [6, 6.07) is 0.744. The number of benzene rings is 1. The van der Waals surface area contributed by atoms with Gasteiger partial charge in [-0.1, -0.05) is 0 Å². The minimum absolute atomic E-state index is 0.283. The van der Waals surface area contributed by atoms with Crippen LogP contribution >= 0.6 is 15.9 Å². The number of nitrogens with one attached hydrogen (secondary N) is 1. The normalized spacial score (nSPS) is 10.8. The summed E-state index contributed by atoms with van der Waals surface area (Å²) in [5.74, 6) is -2.01. The molecule has 17 heavy (non-hydrogen) atoms. The van der Waals surface area contributed by atoms with Crippen molar-refractivity contribution in [1.82, 2.24) is 4.98 Å². The van der Waals surface area contributed by atoms with Crippen molar-refractivity contribution in [2.45, 2.75) is 0 Å². The van der Waals surface area contributed by atoms with E-state index in [9.17, 15) is 23.7 Å². The molecule has 0 unspecified atom stereocenters. The first kappa shape index (κ1) is 11.6. The van der Waals surface area contributed by atoms with Crippen LogP contribution in [0.2, 0.25) is 0 Å². The van der Waals surface area contributed by atoms with E-state index in [1.165, 1.54) is 0 Å². The number of fused-ring (bicyclic) bond motifs is 1. The van der Waals surface area contributed by atoms with Gasteiger partial charge in [-0.2, -0.15) is 0 Å². The maximum atomic E-state index is 13.5. The number of hydrogen-bond donors (Lipinski definition) is 1. The van der Waals surface area contributed by atoms with E-state index in [0.29, 0.717) is 0 Å². The van der Waals surface area contributed by atoms with Crippen molar-refractivity contribution in [3.8, 4) is 0 Å². The standard InChI is InChI=1S/C9H3BrF2N2O3/c10-6-4(11)1-3-8(7(6)12)13-2-5(9(3)15)14(16)17/h1-2H,(H,13,15). The van der Waals surface area contributed by atoms with Gasteiger partial charge < -0.3 is 4.98 Å². The van der Waals surface area contributed by atoms with Crippen LogP contribution in [0.15, 0.2) is 21.5 Å². The largest absolute Gasteiger partial charge is 0.353 e. The van der Waals surface area contributed by atoms with E-state index in [1.807, 2.05) is 0 Å². The van der Waals surface area contributed by atoms with E-state index in [4.69, 9.17) is 0 Å². The zero-order chi connectivity index (χ0) is 12.7. The zero-order valence-corrected chi connectivity index (χ0v) is 9.55. The second-order valence-corrected chi connectivity index (χ2v) is 3.96. The monoisotopic (exact) mass is 304 g/mol. The molecular formula is C9H3BrF2N2O3. The third-order valence-electron chi connectivity index (χ3n) is 2.19. The molecule has 0 aliphatic carbocycles. The Morgan fingerprint density at radius 1 is 1.41 bits per heavy atom. The second-order valence-electron chi connectivity index (χ2n) is 3.17. The number of aromatic amines is 1. The molecule has 0 aliphatic rings. The van der Waals surface area contributed by atoms with Crippen LogP contribution in [0.1, 0.15) is 0 Å². The maximum absolute atomic E-state index is 13.5. The van der Waals surface area contributed by atoms with Crippen molar-refractivity contribution in [3.05, 3.63) is 48.7 Å². The Balaban J connectivity index is 2.98. The molecule has 1 aromatic carbocycles. The van der Waals surface area contributed by atoms with E-state index in [2.05, 4.69) is 20.9 Å². The molecular weight excluding hydrogens is 302 g/mol. The fraction of sp³-hybridized carbons (Fsp3) is 0. The Bertz CT molecular complexity index is 699. The molecule has 0 saturated heterocycles. The summed E-state index contributed by atoms with van der Waals surface area (Å²) in [6.45, 7) is 0. The van der Waals surface area contributed by atoms with E-state index in [1.54, 1.807) is 0 Å². The lowest BCUT2D eigenvalue weighted by molar-refractivity contribution is -0.386. The minimum Gasteiger partial charge on any atom is -0.353 e. The molecule has 2 aromatic rings. The molecule has 0 amide bonds. The number of nitrogens with zero attached hydrogens (tertiary/aromatic N) is 1. The first-order valence-electron chi connectivity index (χ1n) is 4.26. The van der Waals surface area contributed by atoms with Crippen LogP contribution in [0.3, 0.4) is 0 Å². The average Bonchev–Trinajstić information content (AvgIpc) is 2.27. The third-order valence-corrected chi connectivity index (χ3v) is 2.92. The van der Waals surface area contributed by atoms with Crippen molar-refractivity contribution >= 4 is 32.5 Å². The molecule has 1 aromatic heterocycles. The van der Waals surface area contributed by atoms with Crippen molar-refractivity contribution in [3.63, 3.8) is 0 Å². The topological polar surface area (TPSA) is 76.0 Å². The van der Waals surface area contributed by atoms with E-state index in [-0.39, 0.29) is 5.52 Å². The highest BCUT2D eigenvalue weighted by molar-refractivity contribution is 9.10. The van der Waals surface area contributed by atoms with Crippen LogP contribution in [-0.4, -0.2) is 9.91 Å². The molecule has 0 radical (unpaired) electrons. The fourth-order valence-corrected chi connectivity index (χ4v) is 1.71. The lowest BCUT2D eigenvalue weighted by Crippen LogP contribution is -2.10. The Kier molecular flexibility index (Phi) is 2.66. The van der Waals surface area contributed by atoms with Gasteiger partial charge in [-0.15, -0.1) is 0 Å². The smallest absolute Gasteiger partial charge is 0.332 e. The number of aromatic nitrogens is 1. The quantitative estimate of drug-likeness (QED) is 0.499. The number of rotatable bonds is 1. The van der Waals surface area contributed by atoms with Gasteiger partial charge in [0.15, 0.2) is 5.82 Å². The van der Waals surface area contributed by atoms with E-state index < -0.39 is 37.5 Å². The van der Waals surface area contributed by atoms with Crippen molar-refractivity contribution in [2.24, 2.45) is 0 Å². The van der Waals surface area contributed by atoms with Gasteiger partial charge in [0.2, 0.25) is 0 Å². The highest BCUT2D eigenvalue weighted by atomic mass is 79.9. The summed E-state index contributed by atoms with van der Waals surface area (Å²) in [6.07, 6.45) is 0.776. The Hall–Kier alpha value is -1.83. The molecule has 2 rings (SSSR count). The molecule has 1 N–H and O–H groups in total. The average molecular weight is 305 g/mol. The lowest BCUT2D eigenvalue weighted by atomic mass is 10.2. The SMILES string of the molecule is O=c1c([N+](=O)[O-])c[nH]c2c(F)c(Br)c(F)cc12. The van der Waals surface area contributed by atoms with Gasteiger partial charge in [0.05, 0.1) is 26.5 Å². The van der Waals surface area contributed by atoms with E-state index in [0.717, 1.165) is 12.3 Å². The predicted molar refractivity (Wildman–Crippen MR) is 58.8 cm³/mol. The molecule has 0 spiro atoms. The number of pyridine rings is 1. The highest BCUT2D eigenvalue weighted by Crippen LogP contribution is 2.25. The van der Waals surface area contributed by atoms with Gasteiger partial charge in [-0.05, 0) is 22.0 Å². The third kappa shape index (κ3) is 1.70. The zero-order valence-electron chi connectivity index (χ0n) is 7.96. The van der Waals surface area contributed by atoms with Gasteiger partial charge in [0.25, 0.3) is 5.43 Å². The van der Waals surface area contributed by atoms with Gasteiger partial charge in [-0.25, -0.2) is 8.78 Å². The van der Waals surface area contributed by atoms with Crippen LogP contribution in [0, 0.1) is 21.7 Å². The Labute approximate surface area is 100 Å². The summed E-state index contributed by atoms with van der Waals surface area (Å²) in [5, 5.41) is 10.1. The summed E-state index contributed by atoms with van der Waals surface area (Å²) < 4.78 is 26.3. The van der Waals surface area contributed by atoms with Crippen LogP contribution in [-0.2, 0) is 0 Å². The number of H-pyrrole nitrogens is 1. The van der Waals surface area contributed by atoms with E-state index >= 15 is 0 Å². The van der Waals surface area contributed by atoms with Crippen LogP contribution in [0.5, 0.6) is 0 Å². The first-order valence-corrected chi connectivity index (χ1v) is 5.06. The van der Waals surface area contributed by atoms with Gasteiger partial charge in [-0.3, -0.25) is 14.9 Å². The molecule has 8 heteroatoms. The highest BCUT2D eigenvalue weighted by Gasteiger charge is 2.19. The number of halogens is 3. The molecule has 0 atom stereocenters. The van der Waals surface area contributed by atoms with Crippen molar-refractivity contribution < 1.29 is 13.7 Å². The van der Waals surface area contributed by atoms with Crippen LogP contribution < -0.4 is 5.43 Å². The first-order chi connectivity index (χ1) is 7.93. The van der Waals surface area contributed by atoms with Gasteiger partial charge in [0.1, 0.15) is 5.82 Å².